The lowest BCUT2D eigenvalue weighted by Crippen LogP contribution is -2.60. The summed E-state index contributed by atoms with van der Waals surface area (Å²) in [4.78, 5) is 63.0. The normalized spacial score (nSPS) is 26.1. The van der Waals surface area contributed by atoms with E-state index in [2.05, 4.69) is 10.6 Å². The number of β-lactam (4-membered cyclic amide) rings is 1. The molecule has 234 valence electrons. The van der Waals surface area contributed by atoms with E-state index in [1.807, 2.05) is 0 Å². The third kappa shape index (κ3) is 4.61. The molecule has 3 aliphatic heterocycles. The molecule has 15 heteroatoms. The van der Waals surface area contributed by atoms with E-state index < -0.39 is 83.0 Å². The molecule has 44 heavy (non-hydrogen) atoms. The van der Waals surface area contributed by atoms with Crippen LogP contribution in [0.15, 0.2) is 28.3 Å². The number of benzene rings is 1. The minimum atomic E-state index is -1.50. The fraction of sp³-hybridized carbons (Fsp3) is 0.483. The first-order valence-electron chi connectivity index (χ1n) is 14.3. The third-order valence-electron chi connectivity index (χ3n) is 9.18. The number of aliphatic carboxylic acids is 1. The fourth-order valence-electron chi connectivity index (χ4n) is 6.91. The van der Waals surface area contributed by atoms with Gasteiger partial charge in [0.25, 0.3) is 0 Å². The lowest BCUT2D eigenvalue weighted by molar-refractivity contribution is -0.157. The number of carbonyl (C=O) groups is 4. The van der Waals surface area contributed by atoms with Gasteiger partial charge in [0.2, 0.25) is 11.3 Å². The first kappa shape index (κ1) is 29.7. The molecule has 0 radical (unpaired) electrons. The Bertz CT molecular complexity index is 1700. The Balaban J connectivity index is 1.23. The number of halogens is 2. The Morgan fingerprint density at radius 2 is 1.86 bits per heavy atom. The van der Waals surface area contributed by atoms with Crippen molar-refractivity contribution >= 4 is 34.8 Å². The van der Waals surface area contributed by atoms with Gasteiger partial charge in [0.05, 0.1) is 28.9 Å². The lowest BCUT2D eigenvalue weighted by Gasteiger charge is -2.45. The summed E-state index contributed by atoms with van der Waals surface area (Å²) in [6.07, 6.45) is 1.57. The molecular formula is C29H30F2N4O9. The van der Waals surface area contributed by atoms with Crippen LogP contribution in [0.4, 0.5) is 13.6 Å². The van der Waals surface area contributed by atoms with Crippen LogP contribution in [0.5, 0.6) is 0 Å². The van der Waals surface area contributed by atoms with Gasteiger partial charge >= 0.3 is 18.0 Å². The maximum Gasteiger partial charge on any atom is 0.407 e. The molecule has 4 aliphatic rings. The van der Waals surface area contributed by atoms with Gasteiger partial charge in [0, 0.05) is 54.9 Å². The van der Waals surface area contributed by atoms with Gasteiger partial charge in [-0.2, -0.15) is 0 Å². The highest BCUT2D eigenvalue weighted by Gasteiger charge is 2.58. The number of nitrogens with zero attached hydrogens (tertiary/aromatic N) is 2. The summed E-state index contributed by atoms with van der Waals surface area (Å²) < 4.78 is 38.3. The largest absolute Gasteiger partial charge is 0.477 e. The number of hydrogen-bond donors (Lipinski definition) is 5. The van der Waals surface area contributed by atoms with Crippen LogP contribution in [0.3, 0.4) is 0 Å². The number of carboxylic acid groups (broad SMARTS) is 2. The Hall–Kier alpha value is -4.37. The average molecular weight is 617 g/mol. The van der Waals surface area contributed by atoms with E-state index in [1.54, 1.807) is 6.92 Å². The van der Waals surface area contributed by atoms with E-state index >= 15 is 8.78 Å². The SMILES string of the molecule is C[C@H]1C(COC(=O)N[C@H]2CNC[C@@H]2c2c(F)cc3c(=O)c(C(=O)O)cn(C4CC4)c3c2F)=C(C(=O)O)N2C(=O)[C@H](CCO)[C@@H]12. The zero-order chi connectivity index (χ0) is 31.6. The van der Waals surface area contributed by atoms with E-state index in [4.69, 9.17) is 4.74 Å². The van der Waals surface area contributed by atoms with Gasteiger partial charge in [-0.25, -0.2) is 23.2 Å². The molecule has 3 fully saturated rings. The number of ether oxygens (including phenoxy) is 1. The molecule has 0 unspecified atom stereocenters. The number of hydrogen-bond acceptors (Lipinski definition) is 8. The summed E-state index contributed by atoms with van der Waals surface area (Å²) in [5.41, 5.74) is -2.18. The van der Waals surface area contributed by atoms with Crippen LogP contribution in [-0.2, 0) is 14.3 Å². The molecular weight excluding hydrogens is 586 g/mol. The molecule has 0 bridgehead atoms. The molecule has 5 atom stereocenters. The maximum atomic E-state index is 16.1. The molecule has 2 aromatic rings. The van der Waals surface area contributed by atoms with Gasteiger partial charge in [-0.1, -0.05) is 6.92 Å². The third-order valence-corrected chi connectivity index (χ3v) is 9.18. The molecule has 2 saturated heterocycles. The first-order valence-corrected chi connectivity index (χ1v) is 14.3. The summed E-state index contributed by atoms with van der Waals surface area (Å²) in [6.45, 7) is 1.23. The number of nitrogens with one attached hydrogen (secondary N) is 2. The standard InChI is InChI=1S/C29H30F2N4O9/c1-11-17(24(28(41)42)35-22(11)13(4-5-36)26(35)38)10-44-29(43)33-19-8-32-7-15(19)20-18(30)6-14-23(21(20)31)34(12-2-3-12)9-16(25(14)37)27(39)40/h6,9,11-13,15,19,22,32,36H,2-5,7-8,10H2,1H3,(H,33,43)(H,39,40)(H,41,42)/t11-,13+,15-,19-,22+/m0/s1. The van der Waals surface area contributed by atoms with Crippen LogP contribution in [0, 0.1) is 23.5 Å². The van der Waals surface area contributed by atoms with Crippen LogP contribution in [-0.4, -0.2) is 87.1 Å². The maximum absolute atomic E-state index is 16.1. The average Bonchev–Trinajstić information content (AvgIpc) is 3.66. The zero-order valence-electron chi connectivity index (χ0n) is 23.5. The second kappa shape index (κ2) is 11.0. The monoisotopic (exact) mass is 616 g/mol. The molecule has 1 aromatic carbocycles. The molecule has 2 amide bonds. The van der Waals surface area contributed by atoms with Crippen LogP contribution < -0.4 is 16.1 Å². The highest BCUT2D eigenvalue weighted by molar-refractivity contribution is 6.00. The number of carbonyl (C=O) groups excluding carboxylic acids is 2. The molecule has 1 aliphatic carbocycles. The minimum absolute atomic E-state index is 0.0709. The number of aliphatic hydroxyl groups excluding tert-OH is 1. The highest BCUT2D eigenvalue weighted by Crippen LogP contribution is 2.47. The smallest absolute Gasteiger partial charge is 0.407 e. The highest BCUT2D eigenvalue weighted by atomic mass is 19.1. The van der Waals surface area contributed by atoms with Crippen molar-refractivity contribution in [2.24, 2.45) is 11.8 Å². The summed E-state index contributed by atoms with van der Waals surface area (Å²) in [5.74, 6) is -7.26. The van der Waals surface area contributed by atoms with Crippen molar-refractivity contribution in [1.82, 2.24) is 20.1 Å². The molecule has 13 nitrogen and oxygen atoms in total. The van der Waals surface area contributed by atoms with Gasteiger partial charge in [0.15, 0.2) is 5.82 Å². The predicted octanol–water partition coefficient (Wildman–Crippen LogP) is 1.29. The van der Waals surface area contributed by atoms with Crippen LogP contribution >= 0.6 is 0 Å². The van der Waals surface area contributed by atoms with E-state index in [0.29, 0.717) is 12.8 Å². The van der Waals surface area contributed by atoms with Crippen molar-refractivity contribution in [3.63, 3.8) is 0 Å². The first-order chi connectivity index (χ1) is 21.0. The lowest BCUT2D eigenvalue weighted by atomic mass is 9.79. The number of aliphatic hydroxyl groups is 1. The number of pyridine rings is 1. The second-order valence-electron chi connectivity index (χ2n) is 11.7. The van der Waals surface area contributed by atoms with Crippen molar-refractivity contribution in [3.8, 4) is 0 Å². The van der Waals surface area contributed by atoms with Crippen molar-refractivity contribution in [2.75, 3.05) is 26.3 Å². The van der Waals surface area contributed by atoms with Gasteiger partial charge in [-0.3, -0.25) is 9.59 Å². The topological polar surface area (TPSA) is 187 Å². The molecule has 6 rings (SSSR count). The van der Waals surface area contributed by atoms with Crippen molar-refractivity contribution in [3.05, 3.63) is 56.5 Å². The van der Waals surface area contributed by atoms with Crippen LogP contribution in [0.25, 0.3) is 10.9 Å². The summed E-state index contributed by atoms with van der Waals surface area (Å²) in [7, 11) is 0. The van der Waals surface area contributed by atoms with E-state index in [-0.39, 0.29) is 59.9 Å². The quantitative estimate of drug-likeness (QED) is 0.257. The molecule has 4 heterocycles. The zero-order valence-corrected chi connectivity index (χ0v) is 23.5. The minimum Gasteiger partial charge on any atom is -0.477 e. The number of fused-ring (bicyclic) bond motifs is 2. The van der Waals surface area contributed by atoms with Crippen molar-refractivity contribution in [1.29, 1.82) is 0 Å². The second-order valence-corrected chi connectivity index (χ2v) is 11.7. The summed E-state index contributed by atoms with van der Waals surface area (Å²) in [5, 5.41) is 33.7. The molecule has 5 N–H and O–H groups in total. The van der Waals surface area contributed by atoms with E-state index in [0.717, 1.165) is 17.2 Å². The Morgan fingerprint density at radius 1 is 1.14 bits per heavy atom. The predicted molar refractivity (Wildman–Crippen MR) is 147 cm³/mol. The van der Waals surface area contributed by atoms with Gasteiger partial charge in [-0.15, -0.1) is 0 Å². The Kier molecular flexibility index (Phi) is 7.40. The van der Waals surface area contributed by atoms with E-state index in [1.165, 1.54) is 4.57 Å². The molecule has 1 saturated carbocycles. The number of aromatic carboxylic acids is 1. The summed E-state index contributed by atoms with van der Waals surface area (Å²) >= 11 is 0. The van der Waals surface area contributed by atoms with Crippen LogP contribution in [0.2, 0.25) is 0 Å². The van der Waals surface area contributed by atoms with Gasteiger partial charge < -0.3 is 40.2 Å². The molecule has 1 aromatic heterocycles. The van der Waals surface area contributed by atoms with Crippen LogP contribution in [0.1, 0.15) is 54.1 Å². The number of alkyl carbamates (subject to hydrolysis) is 1. The number of aromatic nitrogens is 1. The summed E-state index contributed by atoms with van der Waals surface area (Å²) in [6, 6.07) is -0.721. The van der Waals surface area contributed by atoms with E-state index in [9.17, 15) is 39.3 Å². The van der Waals surface area contributed by atoms with Crippen molar-refractivity contribution in [2.45, 2.75) is 50.2 Å². The Labute approximate surface area is 248 Å². The van der Waals surface area contributed by atoms with Gasteiger partial charge in [0.1, 0.15) is 23.7 Å². The number of rotatable bonds is 9. The fourth-order valence-corrected chi connectivity index (χ4v) is 6.91. The van der Waals surface area contributed by atoms with Gasteiger partial charge in [-0.05, 0) is 25.3 Å². The molecule has 0 spiro atoms. The Morgan fingerprint density at radius 3 is 2.50 bits per heavy atom. The van der Waals surface area contributed by atoms with Crippen molar-refractivity contribution < 1.29 is 48.0 Å². The number of carboxylic acids is 2. The number of amides is 2.